The Bertz CT molecular complexity index is 481. The Morgan fingerprint density at radius 3 is 2.57 bits per heavy atom. The fourth-order valence-corrected chi connectivity index (χ4v) is 3.31. The first-order valence-corrected chi connectivity index (χ1v) is 7.67. The second kappa shape index (κ2) is 6.39. The molecule has 118 valence electrons. The molecular weight excluding hydrogens is 275 g/mol. The molecule has 1 aliphatic rings. The average molecular weight is 299 g/mol. The van der Waals surface area contributed by atoms with Gasteiger partial charge in [-0.05, 0) is 51.2 Å². The van der Waals surface area contributed by atoms with Gasteiger partial charge in [0, 0.05) is 12.1 Å². The molecule has 0 radical (unpaired) electrons. The van der Waals surface area contributed by atoms with Crippen LogP contribution in [0.1, 0.15) is 55.3 Å². The number of aryl methyl sites for hydroxylation is 2. The molecule has 0 saturated heterocycles. The van der Waals surface area contributed by atoms with Gasteiger partial charge < -0.3 is 5.32 Å². The molecule has 1 aromatic rings. The molecule has 0 bridgehead atoms. The van der Waals surface area contributed by atoms with Crippen LogP contribution >= 0.6 is 0 Å². The number of rotatable bonds is 3. The standard InChI is InChI=1S/C17H24F3N/c1-11-7-8-12(2)16(9-11)13(3)21-15-6-4-5-14(10-15)17(18,19)20/h7-9,13-15,21H,4-6,10H2,1-3H3. The Morgan fingerprint density at radius 2 is 1.90 bits per heavy atom. The molecular formula is C17H24F3N. The lowest BCUT2D eigenvalue weighted by molar-refractivity contribution is -0.183. The van der Waals surface area contributed by atoms with Crippen LogP contribution in [0.15, 0.2) is 18.2 Å². The van der Waals surface area contributed by atoms with Crippen molar-refractivity contribution in [3.05, 3.63) is 34.9 Å². The van der Waals surface area contributed by atoms with Gasteiger partial charge in [-0.1, -0.05) is 30.2 Å². The summed E-state index contributed by atoms with van der Waals surface area (Å²) in [5, 5.41) is 3.41. The monoisotopic (exact) mass is 299 g/mol. The van der Waals surface area contributed by atoms with Gasteiger partial charge in [0.2, 0.25) is 0 Å². The molecule has 0 aliphatic heterocycles. The van der Waals surface area contributed by atoms with Gasteiger partial charge >= 0.3 is 6.18 Å². The van der Waals surface area contributed by atoms with E-state index in [9.17, 15) is 13.2 Å². The summed E-state index contributed by atoms with van der Waals surface area (Å²) in [5.74, 6) is -1.14. The Kier molecular flexibility index (Phi) is 4.97. The van der Waals surface area contributed by atoms with E-state index in [1.165, 1.54) is 16.7 Å². The van der Waals surface area contributed by atoms with E-state index in [1.54, 1.807) is 0 Å². The van der Waals surface area contributed by atoms with Crippen LogP contribution in [0, 0.1) is 19.8 Å². The predicted octanol–water partition coefficient (Wildman–Crippen LogP) is 5.08. The van der Waals surface area contributed by atoms with Crippen LogP contribution in [0.25, 0.3) is 0 Å². The summed E-state index contributed by atoms with van der Waals surface area (Å²) in [4.78, 5) is 0. The molecule has 0 heterocycles. The highest BCUT2D eigenvalue weighted by Gasteiger charge is 2.42. The lowest BCUT2D eigenvalue weighted by Crippen LogP contribution is -2.40. The van der Waals surface area contributed by atoms with Crippen LogP contribution in [0.3, 0.4) is 0 Å². The molecule has 0 spiro atoms. The Labute approximate surface area is 124 Å². The molecule has 21 heavy (non-hydrogen) atoms. The van der Waals surface area contributed by atoms with E-state index < -0.39 is 12.1 Å². The third-order valence-corrected chi connectivity index (χ3v) is 4.52. The van der Waals surface area contributed by atoms with Crippen molar-refractivity contribution >= 4 is 0 Å². The topological polar surface area (TPSA) is 12.0 Å². The summed E-state index contributed by atoms with van der Waals surface area (Å²) < 4.78 is 38.6. The zero-order valence-corrected chi connectivity index (χ0v) is 12.9. The first-order chi connectivity index (χ1) is 9.77. The minimum atomic E-state index is -4.05. The summed E-state index contributed by atoms with van der Waals surface area (Å²) in [6.45, 7) is 6.13. The Hall–Kier alpha value is -1.03. The van der Waals surface area contributed by atoms with Crippen molar-refractivity contribution in [2.45, 2.75) is 64.7 Å². The SMILES string of the molecule is Cc1ccc(C)c(C(C)NC2CCCC(C(F)(F)F)C2)c1. The van der Waals surface area contributed by atoms with E-state index in [0.717, 1.165) is 6.42 Å². The zero-order chi connectivity index (χ0) is 15.6. The van der Waals surface area contributed by atoms with Crippen LogP contribution in [0.5, 0.6) is 0 Å². The summed E-state index contributed by atoms with van der Waals surface area (Å²) in [6.07, 6.45) is -2.08. The van der Waals surface area contributed by atoms with Crippen molar-refractivity contribution in [3.8, 4) is 0 Å². The van der Waals surface area contributed by atoms with Gasteiger partial charge in [0.15, 0.2) is 0 Å². The fraction of sp³-hybridized carbons (Fsp3) is 0.647. The molecule has 1 aromatic carbocycles. The van der Waals surface area contributed by atoms with Crippen molar-refractivity contribution in [2.75, 3.05) is 0 Å². The highest BCUT2D eigenvalue weighted by Crippen LogP contribution is 2.38. The third-order valence-electron chi connectivity index (χ3n) is 4.52. The van der Waals surface area contributed by atoms with Gasteiger partial charge in [-0.3, -0.25) is 0 Å². The van der Waals surface area contributed by atoms with E-state index in [4.69, 9.17) is 0 Å². The van der Waals surface area contributed by atoms with Crippen molar-refractivity contribution in [2.24, 2.45) is 5.92 Å². The number of alkyl halides is 3. The van der Waals surface area contributed by atoms with Crippen LogP contribution < -0.4 is 5.32 Å². The second-order valence-corrected chi connectivity index (χ2v) is 6.35. The highest BCUT2D eigenvalue weighted by atomic mass is 19.4. The first kappa shape index (κ1) is 16.3. The Balaban J connectivity index is 2.02. The first-order valence-electron chi connectivity index (χ1n) is 7.67. The van der Waals surface area contributed by atoms with E-state index in [1.807, 2.05) is 20.8 Å². The van der Waals surface area contributed by atoms with Gasteiger partial charge in [0.1, 0.15) is 0 Å². The molecule has 3 atom stereocenters. The fourth-order valence-electron chi connectivity index (χ4n) is 3.31. The van der Waals surface area contributed by atoms with Gasteiger partial charge in [0.05, 0.1) is 5.92 Å². The van der Waals surface area contributed by atoms with Gasteiger partial charge in [-0.25, -0.2) is 0 Å². The lowest BCUT2D eigenvalue weighted by atomic mass is 9.84. The van der Waals surface area contributed by atoms with Gasteiger partial charge in [0.25, 0.3) is 0 Å². The van der Waals surface area contributed by atoms with Crippen molar-refractivity contribution < 1.29 is 13.2 Å². The minimum absolute atomic E-state index is 0.0414. The summed E-state index contributed by atoms with van der Waals surface area (Å²) >= 11 is 0. The number of nitrogens with one attached hydrogen (secondary N) is 1. The Morgan fingerprint density at radius 1 is 1.19 bits per heavy atom. The maximum Gasteiger partial charge on any atom is 0.391 e. The largest absolute Gasteiger partial charge is 0.391 e. The molecule has 0 aromatic heterocycles. The highest BCUT2D eigenvalue weighted by molar-refractivity contribution is 5.32. The number of hydrogen-bond acceptors (Lipinski definition) is 1. The molecule has 0 amide bonds. The van der Waals surface area contributed by atoms with Crippen LogP contribution in [-0.4, -0.2) is 12.2 Å². The summed E-state index contributed by atoms with van der Waals surface area (Å²) in [5.41, 5.74) is 3.55. The molecule has 1 fully saturated rings. The zero-order valence-electron chi connectivity index (χ0n) is 12.9. The summed E-state index contributed by atoms with van der Waals surface area (Å²) in [7, 11) is 0. The van der Waals surface area contributed by atoms with Crippen molar-refractivity contribution in [1.29, 1.82) is 0 Å². The quantitative estimate of drug-likeness (QED) is 0.821. The van der Waals surface area contributed by atoms with Gasteiger partial charge in [-0.2, -0.15) is 13.2 Å². The smallest absolute Gasteiger partial charge is 0.307 e. The minimum Gasteiger partial charge on any atom is -0.307 e. The number of benzene rings is 1. The molecule has 1 nitrogen and oxygen atoms in total. The van der Waals surface area contributed by atoms with Crippen LogP contribution in [-0.2, 0) is 0 Å². The second-order valence-electron chi connectivity index (χ2n) is 6.35. The van der Waals surface area contributed by atoms with Crippen molar-refractivity contribution in [3.63, 3.8) is 0 Å². The molecule has 1 saturated carbocycles. The lowest BCUT2D eigenvalue weighted by Gasteiger charge is -2.33. The number of halogens is 3. The van der Waals surface area contributed by atoms with E-state index in [2.05, 4.69) is 23.5 Å². The summed E-state index contributed by atoms with van der Waals surface area (Å²) in [6, 6.07) is 6.30. The predicted molar refractivity (Wildman–Crippen MR) is 79.3 cm³/mol. The van der Waals surface area contributed by atoms with E-state index in [0.29, 0.717) is 6.42 Å². The number of hydrogen-bond donors (Lipinski definition) is 1. The molecule has 1 aliphatic carbocycles. The van der Waals surface area contributed by atoms with Gasteiger partial charge in [-0.15, -0.1) is 0 Å². The maximum atomic E-state index is 12.9. The molecule has 1 N–H and O–H groups in total. The van der Waals surface area contributed by atoms with Crippen molar-refractivity contribution in [1.82, 2.24) is 5.32 Å². The maximum absolute atomic E-state index is 12.9. The normalized spacial score (nSPS) is 24.9. The van der Waals surface area contributed by atoms with Crippen LogP contribution in [0.2, 0.25) is 0 Å². The average Bonchev–Trinajstić information content (AvgIpc) is 2.41. The third kappa shape index (κ3) is 4.22. The van der Waals surface area contributed by atoms with E-state index in [-0.39, 0.29) is 24.9 Å². The molecule has 4 heteroatoms. The molecule has 3 unspecified atom stereocenters. The van der Waals surface area contributed by atoms with Crippen LogP contribution in [0.4, 0.5) is 13.2 Å². The van der Waals surface area contributed by atoms with E-state index >= 15 is 0 Å². The molecule has 2 rings (SSSR count).